The minimum atomic E-state index is -1.37. The maximum atomic E-state index is 12.5. The predicted octanol–water partition coefficient (Wildman–Crippen LogP) is -3.87. The number of unbranched alkanes of at least 4 members (excludes halogenated alkanes) is 2. The fourth-order valence-corrected chi connectivity index (χ4v) is 3.09. The zero-order valence-corrected chi connectivity index (χ0v) is 20.8. The van der Waals surface area contributed by atoms with Crippen molar-refractivity contribution in [2.24, 2.45) is 17.2 Å². The molecule has 1 aliphatic rings. The van der Waals surface area contributed by atoms with E-state index in [4.69, 9.17) is 17.2 Å². The Bertz CT molecular complexity index is 910. The van der Waals surface area contributed by atoms with Crippen LogP contribution in [-0.2, 0) is 38.4 Å². The van der Waals surface area contributed by atoms with Crippen LogP contribution in [0.1, 0.15) is 51.4 Å². The smallest absolute Gasteiger partial charge is 0.330 e. The molecular formula is C21H34N8O9. The molecular weight excluding hydrogens is 508 g/mol. The van der Waals surface area contributed by atoms with Crippen LogP contribution in [0.4, 0.5) is 4.79 Å². The summed E-state index contributed by atoms with van der Waals surface area (Å²) in [6.45, 7) is -0.0743. The van der Waals surface area contributed by atoms with Gasteiger partial charge in [0, 0.05) is 12.8 Å². The summed E-state index contributed by atoms with van der Waals surface area (Å²) in [5, 5.41) is 4.21. The van der Waals surface area contributed by atoms with Gasteiger partial charge in [0.05, 0.1) is 12.6 Å². The highest BCUT2D eigenvalue weighted by Crippen LogP contribution is 2.12. The van der Waals surface area contributed by atoms with E-state index in [1.54, 1.807) is 5.32 Å². The van der Waals surface area contributed by atoms with Crippen molar-refractivity contribution < 1.29 is 43.2 Å². The first-order chi connectivity index (χ1) is 18.0. The third-order valence-electron chi connectivity index (χ3n) is 5.21. The van der Waals surface area contributed by atoms with Crippen LogP contribution in [0.3, 0.4) is 0 Å². The number of hydrogen-bond acceptors (Lipinski definition) is 13. The van der Waals surface area contributed by atoms with Crippen LogP contribution >= 0.6 is 0 Å². The molecule has 2 atom stereocenters. The summed E-state index contributed by atoms with van der Waals surface area (Å²) in [5.41, 5.74) is 20.4. The molecule has 1 aliphatic heterocycles. The summed E-state index contributed by atoms with van der Waals surface area (Å²) in [6, 6.07) is -2.43. The Morgan fingerprint density at radius 3 is 2.03 bits per heavy atom. The van der Waals surface area contributed by atoms with E-state index in [2.05, 4.69) is 15.6 Å². The van der Waals surface area contributed by atoms with Crippen molar-refractivity contribution >= 4 is 47.2 Å². The van der Waals surface area contributed by atoms with E-state index >= 15 is 0 Å². The number of hydroxylamine groups is 2. The first-order valence-electron chi connectivity index (χ1n) is 12.0. The lowest BCUT2D eigenvalue weighted by molar-refractivity contribution is -0.171. The van der Waals surface area contributed by atoms with Crippen molar-refractivity contribution in [3.05, 3.63) is 0 Å². The van der Waals surface area contributed by atoms with E-state index in [1.807, 2.05) is 5.43 Å². The third-order valence-corrected chi connectivity index (χ3v) is 5.21. The first kappa shape index (κ1) is 32.2. The Labute approximate surface area is 217 Å². The molecule has 0 bridgehead atoms. The summed E-state index contributed by atoms with van der Waals surface area (Å²) in [6.07, 6.45) is 0.659. The van der Waals surface area contributed by atoms with Crippen LogP contribution in [-0.4, -0.2) is 84.0 Å². The normalized spacial score (nSPS) is 14.4. The lowest BCUT2D eigenvalue weighted by Crippen LogP contribution is -2.53. The number of hydrazine groups is 1. The molecule has 0 aromatic carbocycles. The average Bonchev–Trinajstić information content (AvgIpc) is 3.19. The Hall–Kier alpha value is -3.80. The second-order valence-corrected chi connectivity index (χ2v) is 8.25. The molecule has 1 fully saturated rings. The molecule has 17 heteroatoms. The van der Waals surface area contributed by atoms with Crippen molar-refractivity contribution in [2.45, 2.75) is 63.5 Å². The molecule has 0 aromatic heterocycles. The topological polar surface area (TPSA) is 275 Å². The van der Waals surface area contributed by atoms with Crippen LogP contribution in [0, 0.1) is 0 Å². The maximum Gasteiger partial charge on any atom is 0.432 e. The second kappa shape index (κ2) is 16.8. The summed E-state index contributed by atoms with van der Waals surface area (Å²) in [4.78, 5) is 100. The summed E-state index contributed by atoms with van der Waals surface area (Å²) < 4.78 is 0. The average molecular weight is 543 g/mol. The van der Waals surface area contributed by atoms with Crippen molar-refractivity contribution in [3.63, 3.8) is 0 Å². The van der Waals surface area contributed by atoms with Gasteiger partial charge in [-0.15, -0.1) is 5.06 Å². The number of hydrogen-bond donors (Lipinski definition) is 7. The van der Waals surface area contributed by atoms with Crippen molar-refractivity contribution in [3.8, 4) is 0 Å². The fraction of sp³-hybridized carbons (Fsp3) is 0.619. The van der Waals surface area contributed by atoms with Crippen molar-refractivity contribution in [2.75, 3.05) is 19.6 Å². The quantitative estimate of drug-likeness (QED) is 0.0401. The zero-order valence-electron chi connectivity index (χ0n) is 20.8. The van der Waals surface area contributed by atoms with Gasteiger partial charge in [0.1, 0.15) is 6.04 Å². The van der Waals surface area contributed by atoms with Crippen molar-refractivity contribution in [1.29, 1.82) is 0 Å². The van der Waals surface area contributed by atoms with Crippen LogP contribution in [0.5, 0.6) is 0 Å². The molecule has 1 saturated heterocycles. The lowest BCUT2D eigenvalue weighted by Gasteiger charge is -2.19. The van der Waals surface area contributed by atoms with Gasteiger partial charge in [-0.3, -0.25) is 44.3 Å². The van der Waals surface area contributed by atoms with E-state index in [1.165, 1.54) is 0 Å². The molecule has 0 aliphatic carbocycles. The molecule has 0 spiro atoms. The number of Topliss-reactive ketones (excluding diaryl/α,β-unsaturated/α-hetero) is 2. The molecule has 1 heterocycles. The number of amides is 6. The van der Waals surface area contributed by atoms with Crippen LogP contribution in [0.2, 0.25) is 0 Å². The molecule has 0 aromatic rings. The molecule has 0 radical (unpaired) electrons. The maximum absolute atomic E-state index is 12.5. The SMILES string of the molecule is NCCCC[C@H](NC(=O)ON1C(=O)CCC1=O)C(=O)NC(=O)C(=O)CNNC(=O)C(=O)[C@@H](N)CCCCN. The van der Waals surface area contributed by atoms with Gasteiger partial charge < -0.3 is 27.4 Å². The van der Waals surface area contributed by atoms with E-state index in [0.29, 0.717) is 32.2 Å². The Kier molecular flexibility index (Phi) is 14.3. The predicted molar refractivity (Wildman–Crippen MR) is 128 cm³/mol. The Balaban J connectivity index is 2.57. The minimum Gasteiger partial charge on any atom is -0.330 e. The van der Waals surface area contributed by atoms with E-state index in [0.717, 1.165) is 0 Å². The summed E-state index contributed by atoms with van der Waals surface area (Å²) in [7, 11) is 0. The number of nitrogens with one attached hydrogen (secondary N) is 4. The lowest BCUT2D eigenvalue weighted by atomic mass is 10.1. The fourth-order valence-electron chi connectivity index (χ4n) is 3.09. The van der Waals surface area contributed by atoms with Gasteiger partial charge in [0.2, 0.25) is 17.5 Å². The number of rotatable bonds is 17. The van der Waals surface area contributed by atoms with Crippen LogP contribution < -0.4 is 38.7 Å². The number of nitrogens with two attached hydrogens (primary N) is 3. The monoisotopic (exact) mass is 542 g/mol. The molecule has 38 heavy (non-hydrogen) atoms. The largest absolute Gasteiger partial charge is 0.432 e. The molecule has 0 saturated carbocycles. The Morgan fingerprint density at radius 1 is 0.868 bits per heavy atom. The molecule has 212 valence electrons. The second-order valence-electron chi connectivity index (χ2n) is 8.25. The minimum absolute atomic E-state index is 0.0105. The summed E-state index contributed by atoms with van der Waals surface area (Å²) >= 11 is 0. The Morgan fingerprint density at radius 2 is 1.45 bits per heavy atom. The van der Waals surface area contributed by atoms with Gasteiger partial charge in [-0.2, -0.15) is 0 Å². The third kappa shape index (κ3) is 11.1. The number of ketones is 2. The van der Waals surface area contributed by atoms with Gasteiger partial charge in [0.25, 0.3) is 17.7 Å². The van der Waals surface area contributed by atoms with Gasteiger partial charge >= 0.3 is 12.0 Å². The number of carbonyl (C=O) groups excluding carboxylic acids is 8. The standard InChI is InChI=1S/C21H34N8O9/c22-9-3-1-5-12(24)17(33)20(36)28-25-11-14(30)19(35)27-18(34)13(6-2-4-10-23)26-21(37)38-29-15(31)7-8-16(29)32/h12-13,25H,1-11,22-24H2,(H,26,37)(H,28,36)(H,27,34,35)/t12-,13-/m0/s1. The highest BCUT2D eigenvalue weighted by atomic mass is 16.7. The number of carbonyl (C=O) groups is 8. The van der Waals surface area contributed by atoms with Gasteiger partial charge in [-0.25, -0.2) is 10.2 Å². The van der Waals surface area contributed by atoms with E-state index < -0.39 is 65.8 Å². The number of imide groups is 2. The zero-order chi connectivity index (χ0) is 28.7. The molecule has 10 N–H and O–H groups in total. The highest BCUT2D eigenvalue weighted by Gasteiger charge is 2.34. The van der Waals surface area contributed by atoms with Crippen molar-refractivity contribution in [1.82, 2.24) is 26.5 Å². The molecule has 17 nitrogen and oxygen atoms in total. The molecule has 1 rings (SSSR count). The highest BCUT2D eigenvalue weighted by molar-refractivity contribution is 6.40. The van der Waals surface area contributed by atoms with Gasteiger partial charge in [0.15, 0.2) is 0 Å². The van der Waals surface area contributed by atoms with Crippen LogP contribution in [0.25, 0.3) is 0 Å². The summed E-state index contributed by atoms with van der Waals surface area (Å²) in [5.74, 6) is -7.14. The van der Waals surface area contributed by atoms with E-state index in [9.17, 15) is 38.4 Å². The molecule has 0 unspecified atom stereocenters. The number of nitrogens with zero attached hydrogens (tertiary/aromatic N) is 1. The van der Waals surface area contributed by atoms with Gasteiger partial charge in [-0.05, 0) is 45.2 Å². The van der Waals surface area contributed by atoms with Crippen LogP contribution in [0.15, 0.2) is 0 Å². The van der Waals surface area contributed by atoms with E-state index in [-0.39, 0.29) is 37.3 Å². The molecule has 6 amide bonds. The first-order valence-corrected chi connectivity index (χ1v) is 12.0. The van der Waals surface area contributed by atoms with Gasteiger partial charge in [-0.1, -0.05) is 6.42 Å².